The predicted molar refractivity (Wildman–Crippen MR) is 104 cm³/mol. The first kappa shape index (κ1) is 13.8. The van der Waals surface area contributed by atoms with Gasteiger partial charge in [-0.05, 0) is 62.3 Å². The maximum absolute atomic E-state index is 12.4. The van der Waals surface area contributed by atoms with Crippen LogP contribution in [-0.2, 0) is 0 Å². The molecule has 0 unspecified atom stereocenters. The van der Waals surface area contributed by atoms with Crippen LogP contribution in [0.15, 0.2) is 54.6 Å². The molecule has 0 aliphatic carbocycles. The van der Waals surface area contributed by atoms with Gasteiger partial charge in [-0.2, -0.15) is 0 Å². The maximum atomic E-state index is 12.4. The van der Waals surface area contributed by atoms with E-state index in [4.69, 9.17) is 0 Å². The molecule has 0 saturated heterocycles. The maximum Gasteiger partial charge on any atom is 0.258 e. The molecule has 26 heavy (non-hydrogen) atoms. The third-order valence-corrected chi connectivity index (χ3v) is 5.72. The van der Waals surface area contributed by atoms with E-state index in [1.54, 1.807) is 0 Å². The number of fused-ring (bicyclic) bond motifs is 2. The predicted octanol–water partition coefficient (Wildman–Crippen LogP) is 4.93. The summed E-state index contributed by atoms with van der Waals surface area (Å²) in [5.74, 6) is -0.641. The van der Waals surface area contributed by atoms with Crippen molar-refractivity contribution < 1.29 is 9.59 Å². The van der Waals surface area contributed by atoms with Gasteiger partial charge in [0, 0.05) is 16.5 Å². The number of rotatable bonds is 0. The van der Waals surface area contributed by atoms with Gasteiger partial charge >= 0.3 is 0 Å². The fourth-order valence-corrected chi connectivity index (χ4v) is 4.56. The van der Waals surface area contributed by atoms with E-state index in [9.17, 15) is 9.59 Å². The van der Waals surface area contributed by atoms with Crippen molar-refractivity contribution in [3.05, 3.63) is 71.3 Å². The molecule has 0 radical (unpaired) electrons. The number of amides is 2. The van der Waals surface area contributed by atoms with Crippen molar-refractivity contribution in [1.29, 1.82) is 0 Å². The van der Waals surface area contributed by atoms with E-state index in [1.165, 1.54) is 16.3 Å². The molecule has 0 aromatic heterocycles. The molecule has 0 saturated carbocycles. The molecule has 1 heterocycles. The Morgan fingerprint density at radius 1 is 0.577 bits per heavy atom. The second kappa shape index (κ2) is 4.38. The number of hydrogen-bond acceptors (Lipinski definition) is 2. The zero-order chi connectivity index (χ0) is 17.6. The molecule has 5 aromatic carbocycles. The highest BCUT2D eigenvalue weighted by Crippen LogP contribution is 2.43. The molecule has 5 aromatic rings. The minimum Gasteiger partial charge on any atom is -0.288 e. The topological polar surface area (TPSA) is 46.2 Å². The normalized spacial score (nSPS) is 14.0. The Balaban J connectivity index is 2.02. The van der Waals surface area contributed by atoms with E-state index in [2.05, 4.69) is 42.6 Å². The smallest absolute Gasteiger partial charge is 0.258 e. The van der Waals surface area contributed by atoms with Crippen molar-refractivity contribution in [1.82, 2.24) is 5.32 Å². The molecule has 0 atom stereocenters. The first-order chi connectivity index (χ1) is 12.6. The highest BCUT2D eigenvalue weighted by atomic mass is 16.2. The van der Waals surface area contributed by atoms with Crippen LogP contribution in [0.5, 0.6) is 0 Å². The second-order valence-electron chi connectivity index (χ2n) is 7.01. The fraction of sp³-hybridized carbons (Fsp3) is 0.0435. The number of imide groups is 1. The van der Waals surface area contributed by atoms with Gasteiger partial charge in [-0.25, -0.2) is 0 Å². The van der Waals surface area contributed by atoms with Crippen molar-refractivity contribution in [2.75, 3.05) is 0 Å². The molecule has 6 rings (SSSR count). The van der Waals surface area contributed by atoms with Gasteiger partial charge in [-0.3, -0.25) is 14.9 Å². The van der Waals surface area contributed by atoms with Gasteiger partial charge in [-0.15, -0.1) is 0 Å². The zero-order valence-electron chi connectivity index (χ0n) is 14.0. The van der Waals surface area contributed by atoms with Gasteiger partial charge in [0.1, 0.15) is 0 Å². The number of benzene rings is 5. The molecule has 0 spiro atoms. The van der Waals surface area contributed by atoms with Crippen LogP contribution in [0.25, 0.3) is 43.1 Å². The van der Waals surface area contributed by atoms with E-state index in [-0.39, 0.29) is 11.8 Å². The summed E-state index contributed by atoms with van der Waals surface area (Å²) in [5, 5.41) is 11.2. The monoisotopic (exact) mass is 335 g/mol. The lowest BCUT2D eigenvalue weighted by atomic mass is 9.84. The summed E-state index contributed by atoms with van der Waals surface area (Å²) in [5.41, 5.74) is 2.39. The van der Waals surface area contributed by atoms with Gasteiger partial charge in [0.05, 0.1) is 0 Å². The molecule has 0 fully saturated rings. The fourth-order valence-electron chi connectivity index (χ4n) is 4.56. The van der Waals surface area contributed by atoms with E-state index in [0.29, 0.717) is 11.1 Å². The lowest BCUT2D eigenvalue weighted by Gasteiger charge is -2.21. The molecule has 1 aliphatic rings. The standard InChI is InChI=1S/C23H13NO2/c1-11-5-6-14-16-8-10-18-21-17(22(25)24-23(18)26)9-7-15(20(16)21)13-4-2-3-12(11)19(13)14/h2-10H,1H3,(H,24,25,26). The summed E-state index contributed by atoms with van der Waals surface area (Å²) >= 11 is 0. The lowest BCUT2D eigenvalue weighted by molar-refractivity contribution is 0.0845. The molecular formula is C23H13NO2. The van der Waals surface area contributed by atoms with Crippen LogP contribution in [0.1, 0.15) is 26.3 Å². The average Bonchev–Trinajstić information content (AvgIpc) is 2.66. The molecule has 1 N–H and O–H groups in total. The van der Waals surface area contributed by atoms with E-state index in [0.717, 1.165) is 32.3 Å². The Hall–Kier alpha value is -3.46. The van der Waals surface area contributed by atoms with E-state index >= 15 is 0 Å². The summed E-state index contributed by atoms with van der Waals surface area (Å²) in [4.78, 5) is 24.7. The minimum absolute atomic E-state index is 0.320. The van der Waals surface area contributed by atoms with Crippen molar-refractivity contribution in [3.63, 3.8) is 0 Å². The Morgan fingerprint density at radius 3 is 1.81 bits per heavy atom. The highest BCUT2D eigenvalue weighted by Gasteiger charge is 2.27. The van der Waals surface area contributed by atoms with E-state index < -0.39 is 0 Å². The van der Waals surface area contributed by atoms with Crippen LogP contribution in [-0.4, -0.2) is 11.8 Å². The average molecular weight is 335 g/mol. The quantitative estimate of drug-likeness (QED) is 0.248. The summed E-state index contributed by atoms with van der Waals surface area (Å²) in [7, 11) is 0. The van der Waals surface area contributed by atoms with Crippen LogP contribution in [0.3, 0.4) is 0 Å². The minimum atomic E-state index is -0.320. The Kier molecular flexibility index (Phi) is 2.32. The zero-order valence-corrected chi connectivity index (χ0v) is 14.0. The molecular weight excluding hydrogens is 322 g/mol. The number of aryl methyl sites for hydroxylation is 1. The number of carbonyl (C=O) groups is 2. The largest absolute Gasteiger partial charge is 0.288 e. The van der Waals surface area contributed by atoms with Gasteiger partial charge < -0.3 is 0 Å². The van der Waals surface area contributed by atoms with Crippen LogP contribution < -0.4 is 5.32 Å². The summed E-state index contributed by atoms with van der Waals surface area (Å²) in [6.45, 7) is 2.13. The van der Waals surface area contributed by atoms with Crippen molar-refractivity contribution in [3.8, 4) is 0 Å². The van der Waals surface area contributed by atoms with Crippen molar-refractivity contribution >= 4 is 54.9 Å². The molecule has 3 nitrogen and oxygen atoms in total. The number of carbonyl (C=O) groups excluding carboxylic acids is 2. The molecule has 3 heteroatoms. The van der Waals surface area contributed by atoms with Crippen molar-refractivity contribution in [2.45, 2.75) is 6.92 Å². The highest BCUT2D eigenvalue weighted by molar-refractivity contribution is 6.38. The molecule has 1 aliphatic heterocycles. The SMILES string of the molecule is Cc1ccc2c3ccc4c5c(ccc(c6cccc1c62)c53)C(=O)NC4=O. The van der Waals surface area contributed by atoms with Crippen molar-refractivity contribution in [2.24, 2.45) is 0 Å². The van der Waals surface area contributed by atoms with E-state index in [1.807, 2.05) is 24.3 Å². The molecule has 2 amide bonds. The summed E-state index contributed by atoms with van der Waals surface area (Å²) in [6, 6.07) is 18.4. The third kappa shape index (κ3) is 1.45. The lowest BCUT2D eigenvalue weighted by Crippen LogP contribution is -2.34. The Morgan fingerprint density at radius 2 is 1.12 bits per heavy atom. The Labute approximate surface area is 148 Å². The van der Waals surface area contributed by atoms with Crippen LogP contribution in [0.2, 0.25) is 0 Å². The third-order valence-electron chi connectivity index (χ3n) is 5.72. The number of nitrogens with one attached hydrogen (secondary N) is 1. The van der Waals surface area contributed by atoms with Gasteiger partial charge in [0.15, 0.2) is 0 Å². The number of hydrogen-bond donors (Lipinski definition) is 1. The summed E-state index contributed by atoms with van der Waals surface area (Å²) in [6.07, 6.45) is 0. The molecule has 0 bridgehead atoms. The Bertz CT molecular complexity index is 1380. The molecule has 122 valence electrons. The van der Waals surface area contributed by atoms with Gasteiger partial charge in [-0.1, -0.05) is 42.5 Å². The first-order valence-corrected chi connectivity index (χ1v) is 8.63. The second-order valence-corrected chi connectivity index (χ2v) is 7.01. The van der Waals surface area contributed by atoms with Gasteiger partial charge in [0.25, 0.3) is 11.8 Å². The van der Waals surface area contributed by atoms with Crippen LogP contribution in [0.4, 0.5) is 0 Å². The first-order valence-electron chi connectivity index (χ1n) is 8.63. The van der Waals surface area contributed by atoms with Crippen LogP contribution in [0, 0.1) is 6.92 Å². The van der Waals surface area contributed by atoms with Crippen LogP contribution >= 0.6 is 0 Å². The van der Waals surface area contributed by atoms with Gasteiger partial charge in [0.2, 0.25) is 0 Å². The summed E-state index contributed by atoms with van der Waals surface area (Å²) < 4.78 is 0.